The van der Waals surface area contributed by atoms with Crippen LogP contribution in [0.1, 0.15) is 36.5 Å². The maximum atomic E-state index is 13.3. The zero-order valence-electron chi connectivity index (χ0n) is 18.5. The average molecular weight is 468 g/mol. The highest BCUT2D eigenvalue weighted by Crippen LogP contribution is 2.29. The van der Waals surface area contributed by atoms with Gasteiger partial charge in [-0.05, 0) is 73.4 Å². The monoisotopic (exact) mass is 467 g/mol. The number of hydrogen-bond donors (Lipinski definition) is 0. The summed E-state index contributed by atoms with van der Waals surface area (Å²) in [4.78, 5) is 24.6. The number of rotatable bonds is 6. The van der Waals surface area contributed by atoms with E-state index >= 15 is 0 Å². The van der Waals surface area contributed by atoms with E-state index in [-0.39, 0.29) is 17.2 Å². The Hall–Kier alpha value is -3.23. The highest BCUT2D eigenvalue weighted by molar-refractivity contribution is 7.89. The molecule has 0 aliphatic carbocycles. The summed E-state index contributed by atoms with van der Waals surface area (Å²) in [5, 5.41) is 1.81. The van der Waals surface area contributed by atoms with Crippen LogP contribution in [-0.2, 0) is 14.8 Å². The summed E-state index contributed by atoms with van der Waals surface area (Å²) in [7, 11) is -2.35. The minimum absolute atomic E-state index is 0.0463. The number of esters is 1. The number of carbonyl (C=O) groups excluding carboxylic acids is 2. The van der Waals surface area contributed by atoms with Crippen LogP contribution in [0.3, 0.4) is 0 Å². The van der Waals surface area contributed by atoms with Gasteiger partial charge < -0.3 is 9.47 Å². The third-order valence-corrected chi connectivity index (χ3v) is 7.75. The van der Waals surface area contributed by atoms with Crippen LogP contribution in [0.2, 0.25) is 0 Å². The second kappa shape index (κ2) is 9.33. The molecular formula is C25H25NO6S. The van der Waals surface area contributed by atoms with Crippen molar-refractivity contribution in [2.75, 3.05) is 13.7 Å². The molecule has 7 nitrogen and oxygen atoms in total. The number of carbonyl (C=O) groups is 2. The smallest absolute Gasteiger partial charge is 0.329 e. The summed E-state index contributed by atoms with van der Waals surface area (Å²) in [5.41, 5.74) is 0.427. The van der Waals surface area contributed by atoms with Crippen molar-refractivity contribution in [2.45, 2.75) is 37.1 Å². The molecule has 0 radical (unpaired) electrons. The summed E-state index contributed by atoms with van der Waals surface area (Å²) in [6, 6.07) is 15.7. The molecule has 1 heterocycles. The number of methoxy groups -OCH3 is 1. The summed E-state index contributed by atoms with van der Waals surface area (Å²) in [5.74, 6) is 0.271. The molecule has 1 atom stereocenters. The fourth-order valence-electron chi connectivity index (χ4n) is 4.00. The molecule has 1 unspecified atom stereocenters. The van der Waals surface area contributed by atoms with Gasteiger partial charge in [0.1, 0.15) is 17.5 Å². The van der Waals surface area contributed by atoms with Crippen LogP contribution >= 0.6 is 0 Å². The molecule has 3 aromatic carbocycles. The largest absolute Gasteiger partial charge is 0.497 e. The van der Waals surface area contributed by atoms with Crippen LogP contribution in [0.4, 0.5) is 0 Å². The molecule has 8 heteroatoms. The van der Waals surface area contributed by atoms with E-state index in [9.17, 15) is 18.0 Å². The molecule has 172 valence electrons. The molecule has 0 N–H and O–H groups in total. The van der Waals surface area contributed by atoms with Crippen molar-refractivity contribution in [3.8, 4) is 11.5 Å². The third-order valence-electron chi connectivity index (χ3n) is 5.83. The highest BCUT2D eigenvalue weighted by atomic mass is 32.2. The van der Waals surface area contributed by atoms with E-state index in [0.29, 0.717) is 29.9 Å². The minimum atomic E-state index is -3.93. The second-order valence-electron chi connectivity index (χ2n) is 8.00. The minimum Gasteiger partial charge on any atom is -0.497 e. The van der Waals surface area contributed by atoms with E-state index in [2.05, 4.69) is 0 Å². The maximum absolute atomic E-state index is 13.3. The van der Waals surface area contributed by atoms with Gasteiger partial charge in [-0.3, -0.25) is 4.79 Å². The topological polar surface area (TPSA) is 90.0 Å². The summed E-state index contributed by atoms with van der Waals surface area (Å²) in [6.45, 7) is 1.65. The zero-order valence-corrected chi connectivity index (χ0v) is 19.3. The Morgan fingerprint density at radius 1 is 0.909 bits per heavy atom. The van der Waals surface area contributed by atoms with Gasteiger partial charge in [-0.25, -0.2) is 13.2 Å². The Kier molecular flexibility index (Phi) is 6.49. The lowest BCUT2D eigenvalue weighted by molar-refractivity contribution is -0.139. The zero-order chi connectivity index (χ0) is 23.6. The number of ether oxygens (including phenoxy) is 2. The quantitative estimate of drug-likeness (QED) is 0.307. The maximum Gasteiger partial charge on any atom is 0.329 e. The van der Waals surface area contributed by atoms with Crippen LogP contribution in [0.25, 0.3) is 10.8 Å². The number of Topliss-reactive ketones (excluding diaryl/α,β-unsaturated/α-hetero) is 1. The molecule has 0 aromatic heterocycles. The fraction of sp³-hybridized carbons (Fsp3) is 0.280. The fourth-order valence-corrected chi connectivity index (χ4v) is 5.65. The van der Waals surface area contributed by atoms with Crippen LogP contribution in [0.5, 0.6) is 11.5 Å². The standard InChI is InChI=1S/C25H25NO6S/c1-17(27)18-8-12-23(13-9-18)33(29,30)26-14-4-3-5-24(26)25(28)32-22-11-7-19-6-10-21(31-2)15-20(19)16-22/h6-13,15-16,24H,3-5,14H2,1-2H3. The first-order chi connectivity index (χ1) is 15.8. The highest BCUT2D eigenvalue weighted by Gasteiger charge is 2.38. The second-order valence-corrected chi connectivity index (χ2v) is 9.89. The lowest BCUT2D eigenvalue weighted by Crippen LogP contribution is -2.49. The normalized spacial score (nSPS) is 17.0. The molecule has 0 amide bonds. The Balaban J connectivity index is 1.58. The van der Waals surface area contributed by atoms with Crippen molar-refractivity contribution < 1.29 is 27.5 Å². The lowest BCUT2D eigenvalue weighted by atomic mass is 10.1. The number of sulfonamides is 1. The predicted octanol–water partition coefficient (Wildman–Crippen LogP) is 4.20. The van der Waals surface area contributed by atoms with Crippen molar-refractivity contribution in [1.29, 1.82) is 0 Å². The lowest BCUT2D eigenvalue weighted by Gasteiger charge is -2.33. The Bertz CT molecular complexity index is 1300. The molecule has 3 aromatic rings. The van der Waals surface area contributed by atoms with Gasteiger partial charge in [-0.15, -0.1) is 0 Å². The first-order valence-electron chi connectivity index (χ1n) is 10.7. The summed E-state index contributed by atoms with van der Waals surface area (Å²) in [6.07, 6.45) is 1.76. The van der Waals surface area contributed by atoms with Crippen LogP contribution in [0, 0.1) is 0 Å². The molecule has 0 bridgehead atoms. The van der Waals surface area contributed by atoms with Crippen LogP contribution in [-0.4, -0.2) is 44.2 Å². The van der Waals surface area contributed by atoms with Crippen molar-refractivity contribution >= 4 is 32.5 Å². The molecule has 1 fully saturated rings. The number of fused-ring (bicyclic) bond motifs is 1. The van der Waals surface area contributed by atoms with E-state index in [0.717, 1.165) is 17.2 Å². The van der Waals surface area contributed by atoms with Gasteiger partial charge in [0.15, 0.2) is 5.78 Å². The third kappa shape index (κ3) is 4.77. The van der Waals surface area contributed by atoms with Gasteiger partial charge >= 0.3 is 5.97 Å². The Labute approximate surface area is 193 Å². The number of ketones is 1. The van der Waals surface area contributed by atoms with Crippen LogP contribution < -0.4 is 9.47 Å². The Morgan fingerprint density at radius 3 is 2.24 bits per heavy atom. The number of piperidine rings is 1. The van der Waals surface area contributed by atoms with Gasteiger partial charge in [-0.1, -0.05) is 24.3 Å². The molecule has 1 saturated heterocycles. The van der Waals surface area contributed by atoms with Gasteiger partial charge in [0.05, 0.1) is 12.0 Å². The van der Waals surface area contributed by atoms with Gasteiger partial charge in [0.25, 0.3) is 0 Å². The van der Waals surface area contributed by atoms with E-state index in [1.165, 1.54) is 35.5 Å². The predicted molar refractivity (Wildman–Crippen MR) is 124 cm³/mol. The van der Waals surface area contributed by atoms with E-state index in [1.54, 1.807) is 19.2 Å². The molecule has 0 saturated carbocycles. The van der Waals surface area contributed by atoms with Crippen molar-refractivity contribution in [3.05, 3.63) is 66.2 Å². The van der Waals surface area contributed by atoms with Gasteiger partial charge in [0, 0.05) is 12.1 Å². The van der Waals surface area contributed by atoms with Gasteiger partial charge in [-0.2, -0.15) is 4.31 Å². The molecule has 0 spiro atoms. The van der Waals surface area contributed by atoms with Crippen molar-refractivity contribution in [2.24, 2.45) is 0 Å². The van der Waals surface area contributed by atoms with E-state index < -0.39 is 22.0 Å². The molecule has 4 rings (SSSR count). The number of hydrogen-bond acceptors (Lipinski definition) is 6. The van der Waals surface area contributed by atoms with E-state index in [1.807, 2.05) is 24.3 Å². The molecule has 1 aliphatic heterocycles. The molecule has 33 heavy (non-hydrogen) atoms. The molecular weight excluding hydrogens is 442 g/mol. The number of nitrogens with zero attached hydrogens (tertiary/aromatic N) is 1. The van der Waals surface area contributed by atoms with Crippen LogP contribution in [0.15, 0.2) is 65.6 Å². The SMILES string of the molecule is COc1ccc2ccc(OC(=O)C3CCCCN3S(=O)(=O)c3ccc(C(C)=O)cc3)cc2c1. The molecule has 1 aliphatic rings. The Morgan fingerprint density at radius 2 is 1.58 bits per heavy atom. The van der Waals surface area contributed by atoms with E-state index in [4.69, 9.17) is 9.47 Å². The first-order valence-corrected chi connectivity index (χ1v) is 12.2. The number of benzene rings is 3. The average Bonchev–Trinajstić information content (AvgIpc) is 2.83. The van der Waals surface area contributed by atoms with Crippen molar-refractivity contribution in [3.63, 3.8) is 0 Å². The first kappa shape index (κ1) is 22.9. The van der Waals surface area contributed by atoms with Gasteiger partial charge in [0.2, 0.25) is 10.0 Å². The summed E-state index contributed by atoms with van der Waals surface area (Å²) >= 11 is 0. The summed E-state index contributed by atoms with van der Waals surface area (Å²) < 4.78 is 38.7. The van der Waals surface area contributed by atoms with Crippen molar-refractivity contribution in [1.82, 2.24) is 4.31 Å².